The van der Waals surface area contributed by atoms with Gasteiger partial charge in [-0.15, -0.1) is 0 Å². The third-order valence-electron chi connectivity index (χ3n) is 6.09. The van der Waals surface area contributed by atoms with Crippen LogP contribution in [-0.2, 0) is 19.5 Å². The molecule has 8 nitrogen and oxygen atoms in total. The highest BCUT2D eigenvalue weighted by Crippen LogP contribution is 2.31. The SMILES string of the molecule is Cc1nn2c(C(N)=O)cccc2c1-c1nc2c(c(NCc3ccccc3)n1)CN(C)CCC2. The Morgan fingerprint density at radius 2 is 1.94 bits per heavy atom. The second kappa shape index (κ2) is 8.63. The van der Waals surface area contributed by atoms with E-state index in [1.54, 1.807) is 10.6 Å². The molecular formula is C25H27N7O. The summed E-state index contributed by atoms with van der Waals surface area (Å²) in [6.45, 7) is 4.40. The number of aromatic nitrogens is 4. The van der Waals surface area contributed by atoms with Crippen LogP contribution in [0.1, 0.15) is 39.4 Å². The summed E-state index contributed by atoms with van der Waals surface area (Å²) in [5, 5.41) is 8.14. The molecule has 0 unspecified atom stereocenters. The number of nitrogens with two attached hydrogens (primary N) is 1. The number of hydrogen-bond donors (Lipinski definition) is 2. The van der Waals surface area contributed by atoms with Crippen molar-refractivity contribution in [3.05, 3.63) is 76.7 Å². The summed E-state index contributed by atoms with van der Waals surface area (Å²) in [6.07, 6.45) is 1.93. The molecule has 0 radical (unpaired) electrons. The van der Waals surface area contributed by atoms with E-state index in [1.165, 1.54) is 5.56 Å². The van der Waals surface area contributed by atoms with Gasteiger partial charge in [-0.2, -0.15) is 5.10 Å². The minimum absolute atomic E-state index is 0.334. The maximum atomic E-state index is 11.9. The highest BCUT2D eigenvalue weighted by atomic mass is 16.1. The number of rotatable bonds is 5. The number of primary amides is 1. The van der Waals surface area contributed by atoms with Gasteiger partial charge in [-0.05, 0) is 51.1 Å². The number of anilines is 1. The van der Waals surface area contributed by atoms with Crippen molar-refractivity contribution in [2.24, 2.45) is 5.73 Å². The minimum atomic E-state index is -0.522. The first-order valence-electron chi connectivity index (χ1n) is 11.2. The summed E-state index contributed by atoms with van der Waals surface area (Å²) in [7, 11) is 2.13. The van der Waals surface area contributed by atoms with E-state index >= 15 is 0 Å². The van der Waals surface area contributed by atoms with Crippen LogP contribution in [0.5, 0.6) is 0 Å². The van der Waals surface area contributed by atoms with Crippen molar-refractivity contribution in [3.8, 4) is 11.4 Å². The van der Waals surface area contributed by atoms with Crippen LogP contribution in [0, 0.1) is 6.92 Å². The number of nitrogens with one attached hydrogen (secondary N) is 1. The second-order valence-corrected chi connectivity index (χ2v) is 8.53. The van der Waals surface area contributed by atoms with E-state index < -0.39 is 5.91 Å². The highest BCUT2D eigenvalue weighted by molar-refractivity contribution is 5.93. The number of carbonyl (C=O) groups excluding carboxylic acids is 1. The molecule has 0 bridgehead atoms. The van der Waals surface area contributed by atoms with Crippen LogP contribution in [0.25, 0.3) is 16.9 Å². The normalized spacial score (nSPS) is 14.1. The van der Waals surface area contributed by atoms with Crippen LogP contribution in [0.3, 0.4) is 0 Å². The van der Waals surface area contributed by atoms with E-state index in [-0.39, 0.29) is 0 Å². The fourth-order valence-electron chi connectivity index (χ4n) is 4.45. The van der Waals surface area contributed by atoms with Gasteiger partial charge in [0.2, 0.25) is 0 Å². The van der Waals surface area contributed by atoms with E-state index in [4.69, 9.17) is 15.7 Å². The van der Waals surface area contributed by atoms with E-state index in [0.717, 1.165) is 59.8 Å². The number of amides is 1. The smallest absolute Gasteiger partial charge is 0.267 e. The van der Waals surface area contributed by atoms with Gasteiger partial charge in [-0.3, -0.25) is 4.79 Å². The molecule has 0 fully saturated rings. The van der Waals surface area contributed by atoms with Gasteiger partial charge in [0.05, 0.1) is 22.5 Å². The first-order valence-corrected chi connectivity index (χ1v) is 11.2. The highest BCUT2D eigenvalue weighted by Gasteiger charge is 2.23. The van der Waals surface area contributed by atoms with Crippen molar-refractivity contribution in [1.29, 1.82) is 0 Å². The standard InChI is InChI=1S/C25H27N7O/c1-16-22(20-11-6-12-21(23(26)33)32(20)30-16)25-28-19-10-7-13-31(2)15-18(19)24(29-25)27-14-17-8-4-3-5-9-17/h3-6,8-9,11-12H,7,10,13-15H2,1-2H3,(H2,26,33)(H,27,28,29). The van der Waals surface area contributed by atoms with Crippen molar-refractivity contribution >= 4 is 17.2 Å². The van der Waals surface area contributed by atoms with Gasteiger partial charge in [-0.1, -0.05) is 36.4 Å². The minimum Gasteiger partial charge on any atom is -0.366 e. The molecule has 1 aromatic carbocycles. The summed E-state index contributed by atoms with van der Waals surface area (Å²) in [6, 6.07) is 15.7. The average molecular weight is 442 g/mol. The maximum Gasteiger partial charge on any atom is 0.267 e. The zero-order chi connectivity index (χ0) is 22.9. The van der Waals surface area contributed by atoms with Crippen LogP contribution in [0.2, 0.25) is 0 Å². The summed E-state index contributed by atoms with van der Waals surface area (Å²) in [5.74, 6) is 0.936. The molecule has 0 saturated heterocycles. The summed E-state index contributed by atoms with van der Waals surface area (Å²) >= 11 is 0. The van der Waals surface area contributed by atoms with E-state index in [9.17, 15) is 4.79 Å². The lowest BCUT2D eigenvalue weighted by Crippen LogP contribution is -2.19. The molecule has 4 heterocycles. The molecule has 0 atom stereocenters. The second-order valence-electron chi connectivity index (χ2n) is 8.53. The molecule has 1 aliphatic heterocycles. The lowest BCUT2D eigenvalue weighted by Gasteiger charge is -2.18. The fraction of sp³-hybridized carbons (Fsp3) is 0.280. The van der Waals surface area contributed by atoms with Gasteiger partial charge < -0.3 is 16.0 Å². The quantitative estimate of drug-likeness (QED) is 0.493. The molecule has 1 amide bonds. The van der Waals surface area contributed by atoms with Crippen LogP contribution in [-0.4, -0.2) is 44.0 Å². The van der Waals surface area contributed by atoms with Crippen molar-refractivity contribution in [3.63, 3.8) is 0 Å². The Morgan fingerprint density at radius 3 is 2.73 bits per heavy atom. The Balaban J connectivity index is 1.64. The number of fused-ring (bicyclic) bond motifs is 2. The van der Waals surface area contributed by atoms with Gasteiger partial charge in [-0.25, -0.2) is 14.5 Å². The Morgan fingerprint density at radius 1 is 1.12 bits per heavy atom. The molecule has 3 aromatic heterocycles. The molecule has 4 aromatic rings. The van der Waals surface area contributed by atoms with Crippen molar-refractivity contribution < 1.29 is 4.79 Å². The molecule has 1 aliphatic rings. The summed E-state index contributed by atoms with van der Waals surface area (Å²) in [4.78, 5) is 24.2. The molecule has 3 N–H and O–H groups in total. The number of carbonyl (C=O) groups is 1. The summed E-state index contributed by atoms with van der Waals surface area (Å²) < 4.78 is 1.59. The van der Waals surface area contributed by atoms with Crippen molar-refractivity contribution in [2.45, 2.75) is 32.9 Å². The third-order valence-corrected chi connectivity index (χ3v) is 6.09. The van der Waals surface area contributed by atoms with Gasteiger partial charge in [0.15, 0.2) is 5.82 Å². The zero-order valence-corrected chi connectivity index (χ0v) is 18.9. The van der Waals surface area contributed by atoms with Crippen LogP contribution in [0.15, 0.2) is 48.5 Å². The lowest BCUT2D eigenvalue weighted by molar-refractivity contribution is 0.0993. The average Bonchev–Trinajstić information content (AvgIpc) is 3.02. The van der Waals surface area contributed by atoms with Gasteiger partial charge in [0, 0.05) is 18.7 Å². The van der Waals surface area contributed by atoms with Crippen molar-refractivity contribution in [1.82, 2.24) is 24.5 Å². The Hall–Kier alpha value is -3.78. The molecule has 5 rings (SSSR count). The number of pyridine rings is 1. The number of nitrogens with zero attached hydrogens (tertiary/aromatic N) is 5. The summed E-state index contributed by atoms with van der Waals surface area (Å²) in [5.41, 5.74) is 11.6. The number of aryl methyl sites for hydroxylation is 2. The van der Waals surface area contributed by atoms with E-state index in [2.05, 4.69) is 34.5 Å². The molecule has 0 spiro atoms. The van der Waals surface area contributed by atoms with Gasteiger partial charge in [0.25, 0.3) is 5.91 Å². The molecule has 0 aliphatic carbocycles. The van der Waals surface area contributed by atoms with Gasteiger partial charge >= 0.3 is 0 Å². The largest absolute Gasteiger partial charge is 0.366 e. The monoisotopic (exact) mass is 441 g/mol. The van der Waals surface area contributed by atoms with Crippen LogP contribution in [0.4, 0.5) is 5.82 Å². The first-order chi connectivity index (χ1) is 16.0. The topological polar surface area (TPSA) is 101 Å². The molecule has 0 saturated carbocycles. The maximum absolute atomic E-state index is 11.9. The third kappa shape index (κ3) is 4.05. The van der Waals surface area contributed by atoms with E-state index in [1.807, 2.05) is 37.3 Å². The number of hydrogen-bond acceptors (Lipinski definition) is 6. The Bertz CT molecular complexity index is 1330. The van der Waals surface area contributed by atoms with Crippen molar-refractivity contribution in [2.75, 3.05) is 18.9 Å². The molecule has 33 heavy (non-hydrogen) atoms. The Kier molecular flexibility index (Phi) is 5.51. The predicted octanol–water partition coefficient (Wildman–Crippen LogP) is 3.19. The molecular weight excluding hydrogens is 414 g/mol. The first kappa shape index (κ1) is 21.1. The van der Waals surface area contributed by atoms with E-state index in [0.29, 0.717) is 18.1 Å². The van der Waals surface area contributed by atoms with Crippen LogP contribution >= 0.6 is 0 Å². The lowest BCUT2D eigenvalue weighted by atomic mass is 10.1. The zero-order valence-electron chi connectivity index (χ0n) is 18.9. The van der Waals surface area contributed by atoms with Crippen LogP contribution < -0.4 is 11.1 Å². The molecule has 168 valence electrons. The number of benzene rings is 1. The Labute approximate surface area is 192 Å². The molecule has 8 heteroatoms. The van der Waals surface area contributed by atoms with Gasteiger partial charge in [0.1, 0.15) is 11.5 Å². The fourth-order valence-corrected chi connectivity index (χ4v) is 4.45. The predicted molar refractivity (Wildman–Crippen MR) is 128 cm³/mol.